The van der Waals surface area contributed by atoms with Crippen molar-refractivity contribution in [2.75, 3.05) is 25.4 Å². The lowest BCUT2D eigenvalue weighted by Crippen LogP contribution is -2.50. The molecular weight excluding hydrogens is 502 g/mol. The van der Waals surface area contributed by atoms with Crippen molar-refractivity contribution in [3.05, 3.63) is 59.1 Å². The maximum atomic E-state index is 13.4. The minimum Gasteiger partial charge on any atom is -0.443 e. The van der Waals surface area contributed by atoms with E-state index >= 15 is 0 Å². The molecule has 38 heavy (non-hydrogen) atoms. The summed E-state index contributed by atoms with van der Waals surface area (Å²) in [6.45, 7) is 6.46. The molecule has 2 aromatic heterocycles. The molecule has 3 heterocycles. The number of nitrogens with one attached hydrogen (secondary N) is 1. The summed E-state index contributed by atoms with van der Waals surface area (Å²) in [6, 6.07) is 13.1. The number of benzene rings is 1. The van der Waals surface area contributed by atoms with E-state index in [0.717, 1.165) is 26.9 Å². The van der Waals surface area contributed by atoms with Crippen LogP contribution in [0.1, 0.15) is 44.1 Å². The van der Waals surface area contributed by atoms with Crippen molar-refractivity contribution >= 4 is 45.1 Å². The lowest BCUT2D eigenvalue weighted by Gasteiger charge is -2.29. The second-order valence-corrected chi connectivity index (χ2v) is 11.6. The number of ether oxygens (including phenoxy) is 1. The summed E-state index contributed by atoms with van der Waals surface area (Å²) in [7, 11) is 0. The highest BCUT2D eigenvalue weighted by atomic mass is 32.1. The third-order valence-corrected chi connectivity index (χ3v) is 7.45. The average molecular weight is 538 g/mol. The van der Waals surface area contributed by atoms with Crippen LogP contribution in [0.5, 0.6) is 0 Å². The lowest BCUT2D eigenvalue weighted by atomic mass is 10.1. The normalized spacial score (nSPS) is 15.9. The van der Waals surface area contributed by atoms with Crippen LogP contribution >= 0.6 is 11.3 Å². The Kier molecular flexibility index (Phi) is 8.63. The number of pyridine rings is 1. The average Bonchev–Trinajstić information content (AvgIpc) is 3.50. The SMILES string of the molecule is CC(C)(C)OC(=O)N(CCc1ccccc1)C(=O)CN1CCC[C@H]1C(=O)NCc1cc2c(N)nccc2s1. The minimum absolute atomic E-state index is 0.0305. The van der Waals surface area contributed by atoms with E-state index in [1.54, 1.807) is 38.3 Å². The summed E-state index contributed by atoms with van der Waals surface area (Å²) in [5.74, 6) is -0.0343. The van der Waals surface area contributed by atoms with E-state index in [9.17, 15) is 14.4 Å². The Bertz CT molecular complexity index is 1290. The van der Waals surface area contributed by atoms with E-state index in [0.29, 0.717) is 31.7 Å². The highest BCUT2D eigenvalue weighted by Crippen LogP contribution is 2.28. The molecule has 3 aromatic rings. The van der Waals surface area contributed by atoms with Gasteiger partial charge in [0, 0.05) is 27.7 Å². The first-order valence-corrected chi connectivity index (χ1v) is 13.6. The molecule has 1 saturated heterocycles. The van der Waals surface area contributed by atoms with Gasteiger partial charge in [0.05, 0.1) is 19.1 Å². The smallest absolute Gasteiger partial charge is 0.417 e. The fourth-order valence-electron chi connectivity index (χ4n) is 4.51. The number of nitrogen functional groups attached to an aromatic ring is 1. The number of anilines is 1. The summed E-state index contributed by atoms with van der Waals surface area (Å²) in [4.78, 5) is 47.5. The van der Waals surface area contributed by atoms with Gasteiger partial charge in [-0.1, -0.05) is 30.3 Å². The van der Waals surface area contributed by atoms with Crippen LogP contribution in [-0.2, 0) is 27.3 Å². The van der Waals surface area contributed by atoms with Gasteiger partial charge in [-0.3, -0.25) is 14.5 Å². The Morgan fingerprint density at radius 2 is 1.97 bits per heavy atom. The fourth-order valence-corrected chi connectivity index (χ4v) is 5.51. The Morgan fingerprint density at radius 3 is 2.68 bits per heavy atom. The molecule has 1 aliphatic heterocycles. The molecule has 0 spiro atoms. The van der Waals surface area contributed by atoms with Gasteiger partial charge < -0.3 is 15.8 Å². The van der Waals surface area contributed by atoms with Crippen LogP contribution in [-0.4, -0.2) is 64.0 Å². The van der Waals surface area contributed by atoms with Crippen molar-refractivity contribution in [2.24, 2.45) is 0 Å². The molecule has 0 unspecified atom stereocenters. The zero-order valence-corrected chi connectivity index (χ0v) is 22.9. The van der Waals surface area contributed by atoms with E-state index in [1.807, 2.05) is 47.4 Å². The molecule has 0 saturated carbocycles. The molecule has 1 fully saturated rings. The number of nitrogens with zero attached hydrogens (tertiary/aromatic N) is 3. The molecule has 4 rings (SSSR count). The van der Waals surface area contributed by atoms with Gasteiger partial charge in [0.2, 0.25) is 11.8 Å². The van der Waals surface area contributed by atoms with Gasteiger partial charge in [-0.15, -0.1) is 11.3 Å². The predicted octanol–water partition coefficient (Wildman–Crippen LogP) is 3.97. The van der Waals surface area contributed by atoms with Gasteiger partial charge in [0.1, 0.15) is 11.4 Å². The number of carbonyl (C=O) groups excluding carboxylic acids is 3. The Labute approximate surface area is 227 Å². The van der Waals surface area contributed by atoms with Gasteiger partial charge in [0.15, 0.2) is 0 Å². The first-order valence-electron chi connectivity index (χ1n) is 12.8. The largest absolute Gasteiger partial charge is 0.443 e. The van der Waals surface area contributed by atoms with Gasteiger partial charge in [0.25, 0.3) is 0 Å². The molecule has 1 atom stereocenters. The van der Waals surface area contributed by atoms with E-state index in [4.69, 9.17) is 10.5 Å². The molecule has 0 bridgehead atoms. The van der Waals surface area contributed by atoms with Crippen molar-refractivity contribution in [1.29, 1.82) is 0 Å². The predicted molar refractivity (Wildman–Crippen MR) is 149 cm³/mol. The number of likely N-dealkylation sites (tertiary alicyclic amines) is 1. The molecule has 1 aromatic carbocycles. The fraction of sp³-hybridized carbons (Fsp3) is 0.429. The third kappa shape index (κ3) is 7.08. The molecule has 202 valence electrons. The molecule has 0 radical (unpaired) electrons. The van der Waals surface area contributed by atoms with E-state index in [1.165, 1.54) is 4.90 Å². The zero-order valence-electron chi connectivity index (χ0n) is 22.1. The summed E-state index contributed by atoms with van der Waals surface area (Å²) in [5.41, 5.74) is 6.25. The topological polar surface area (TPSA) is 118 Å². The first-order chi connectivity index (χ1) is 18.1. The number of carbonyl (C=O) groups is 3. The quantitative estimate of drug-likeness (QED) is 0.446. The number of hydrogen-bond donors (Lipinski definition) is 2. The van der Waals surface area contributed by atoms with Crippen LogP contribution in [0.15, 0.2) is 48.7 Å². The van der Waals surface area contributed by atoms with Crippen LogP contribution in [0.4, 0.5) is 10.6 Å². The number of thiophene rings is 1. The lowest BCUT2D eigenvalue weighted by molar-refractivity contribution is -0.133. The molecule has 3 amide bonds. The van der Waals surface area contributed by atoms with Gasteiger partial charge in [-0.2, -0.15) is 0 Å². The zero-order chi connectivity index (χ0) is 27.3. The second-order valence-electron chi connectivity index (χ2n) is 10.4. The molecule has 0 aliphatic carbocycles. The molecule has 10 heteroatoms. The highest BCUT2D eigenvalue weighted by molar-refractivity contribution is 7.19. The van der Waals surface area contributed by atoms with Gasteiger partial charge >= 0.3 is 6.09 Å². The Hall–Kier alpha value is -3.50. The molecule has 9 nitrogen and oxygen atoms in total. The van der Waals surface area contributed by atoms with Crippen LogP contribution in [0.2, 0.25) is 0 Å². The summed E-state index contributed by atoms with van der Waals surface area (Å²) in [5, 5.41) is 3.89. The number of rotatable bonds is 8. The Balaban J connectivity index is 1.39. The maximum Gasteiger partial charge on any atom is 0.417 e. The van der Waals surface area contributed by atoms with E-state index < -0.39 is 17.7 Å². The van der Waals surface area contributed by atoms with Crippen molar-refractivity contribution in [3.8, 4) is 0 Å². The van der Waals surface area contributed by atoms with Crippen LogP contribution in [0, 0.1) is 0 Å². The number of aromatic nitrogens is 1. The summed E-state index contributed by atoms with van der Waals surface area (Å²) in [6.07, 6.45) is 2.97. The van der Waals surface area contributed by atoms with Gasteiger partial charge in [-0.05, 0) is 64.3 Å². The number of hydrogen-bond acceptors (Lipinski definition) is 8. The van der Waals surface area contributed by atoms with Crippen molar-refractivity contribution in [2.45, 2.75) is 58.2 Å². The molecule has 1 aliphatic rings. The standard InChI is InChI=1S/C28H35N5O4S/c1-28(2,3)37-27(36)33(15-12-19-8-5-4-6-9-19)24(34)18-32-14-7-10-22(32)26(35)31-17-20-16-21-23(38-20)11-13-30-25(21)29/h4-6,8-9,11,13,16,22H,7,10,12,14-15,17-18H2,1-3H3,(H2,29,30)(H,31,35)/t22-/m0/s1. The number of nitrogens with two attached hydrogens (primary N) is 1. The van der Waals surface area contributed by atoms with Crippen LogP contribution in [0.25, 0.3) is 10.1 Å². The van der Waals surface area contributed by atoms with Crippen molar-refractivity contribution in [1.82, 2.24) is 20.1 Å². The summed E-state index contributed by atoms with van der Waals surface area (Å²) >= 11 is 1.56. The van der Waals surface area contributed by atoms with Gasteiger partial charge in [-0.25, -0.2) is 14.7 Å². The number of fused-ring (bicyclic) bond motifs is 1. The Morgan fingerprint density at radius 1 is 1.21 bits per heavy atom. The molecule has 3 N–H and O–H groups in total. The number of amides is 3. The molecular formula is C28H35N5O4S. The monoisotopic (exact) mass is 537 g/mol. The van der Waals surface area contributed by atoms with Crippen molar-refractivity contribution in [3.63, 3.8) is 0 Å². The third-order valence-electron chi connectivity index (χ3n) is 6.35. The van der Waals surface area contributed by atoms with Crippen LogP contribution in [0.3, 0.4) is 0 Å². The van der Waals surface area contributed by atoms with E-state index in [-0.39, 0.29) is 24.9 Å². The number of imide groups is 1. The minimum atomic E-state index is -0.730. The van der Waals surface area contributed by atoms with Crippen LogP contribution < -0.4 is 11.1 Å². The van der Waals surface area contributed by atoms with Crippen molar-refractivity contribution < 1.29 is 19.1 Å². The first kappa shape index (κ1) is 27.5. The maximum absolute atomic E-state index is 13.4. The highest BCUT2D eigenvalue weighted by Gasteiger charge is 2.35. The summed E-state index contributed by atoms with van der Waals surface area (Å²) < 4.78 is 6.55. The van der Waals surface area contributed by atoms with E-state index in [2.05, 4.69) is 10.3 Å². The second kappa shape index (κ2) is 11.9.